The molecule has 0 spiro atoms. The highest BCUT2D eigenvalue weighted by molar-refractivity contribution is 5.69. The highest BCUT2D eigenvalue weighted by Crippen LogP contribution is 2.14. The van der Waals surface area contributed by atoms with Crippen LogP contribution in [0, 0.1) is 0 Å². The van der Waals surface area contributed by atoms with Crippen LogP contribution in [-0.4, -0.2) is 91.2 Å². The molecule has 0 aliphatic rings. The van der Waals surface area contributed by atoms with Crippen molar-refractivity contribution < 1.29 is 28.6 Å². The predicted octanol–water partition coefficient (Wildman–Crippen LogP) is 5.16. The molecule has 0 aromatic heterocycles. The Kier molecular flexibility index (Phi) is 15.6. The van der Waals surface area contributed by atoms with E-state index in [2.05, 4.69) is 10.6 Å². The highest BCUT2D eigenvalue weighted by Gasteiger charge is 2.24. The number of amides is 3. The summed E-state index contributed by atoms with van der Waals surface area (Å²) in [4.78, 5) is 40.8. The Bertz CT molecular complexity index is 680. The molecule has 0 unspecified atom stereocenters. The molecule has 0 fully saturated rings. The molecule has 0 rings (SSSR count). The van der Waals surface area contributed by atoms with E-state index >= 15 is 0 Å². The lowest BCUT2D eigenvalue weighted by atomic mass is 10.2. The molecule has 0 saturated heterocycles. The maximum Gasteiger partial charge on any atom is 0.410 e. The maximum absolute atomic E-state index is 12.8. The monoisotopic (exact) mass is 530 g/mol. The smallest absolute Gasteiger partial charge is 0.410 e. The van der Waals surface area contributed by atoms with Gasteiger partial charge in [-0.15, -0.1) is 0 Å². The standard InChI is InChI=1S/C27H54N4O6/c1-25(2,3)35-22(32)29-17-12-14-19-31(24(34)37-27(7,8)9)21-15-20-30(18-13-11-16-28-10)23(33)36-26(4,5)6/h28H,11-21H2,1-10H3,(H,29,32). The van der Waals surface area contributed by atoms with Crippen LogP contribution >= 0.6 is 0 Å². The first-order chi connectivity index (χ1) is 16.9. The SMILES string of the molecule is CNCCCCN(CCCN(CCCCNC(=O)OC(C)(C)C)C(=O)OC(C)(C)C)C(=O)OC(C)(C)C. The summed E-state index contributed by atoms with van der Waals surface area (Å²) in [7, 11) is 1.91. The van der Waals surface area contributed by atoms with Crippen molar-refractivity contribution in [1.82, 2.24) is 20.4 Å². The Balaban J connectivity index is 4.94. The van der Waals surface area contributed by atoms with E-state index in [1.54, 1.807) is 9.80 Å². The largest absolute Gasteiger partial charge is 0.444 e. The third-order valence-corrected chi connectivity index (χ3v) is 4.79. The first-order valence-corrected chi connectivity index (χ1v) is 13.5. The molecule has 0 bridgehead atoms. The van der Waals surface area contributed by atoms with Crippen molar-refractivity contribution in [2.24, 2.45) is 0 Å². The number of hydrogen-bond donors (Lipinski definition) is 2. The molecular weight excluding hydrogens is 476 g/mol. The Hall–Kier alpha value is -2.23. The maximum atomic E-state index is 12.8. The van der Waals surface area contributed by atoms with E-state index in [0.717, 1.165) is 19.4 Å². The zero-order valence-corrected chi connectivity index (χ0v) is 25.1. The van der Waals surface area contributed by atoms with E-state index in [4.69, 9.17) is 14.2 Å². The number of unbranched alkanes of at least 4 members (excludes halogenated alkanes) is 2. The van der Waals surface area contributed by atoms with E-state index in [-0.39, 0.29) is 12.2 Å². The number of ether oxygens (including phenoxy) is 3. The molecule has 3 amide bonds. The van der Waals surface area contributed by atoms with Gasteiger partial charge in [0.2, 0.25) is 0 Å². The first kappa shape index (κ1) is 34.8. The van der Waals surface area contributed by atoms with Gasteiger partial charge in [0.05, 0.1) is 0 Å². The molecule has 0 aliphatic carbocycles. The number of carbonyl (C=O) groups excluding carboxylic acids is 3. The lowest BCUT2D eigenvalue weighted by Crippen LogP contribution is -2.41. The molecule has 37 heavy (non-hydrogen) atoms. The second kappa shape index (κ2) is 16.6. The van der Waals surface area contributed by atoms with Crippen LogP contribution in [0.2, 0.25) is 0 Å². The van der Waals surface area contributed by atoms with Crippen LogP contribution < -0.4 is 10.6 Å². The van der Waals surface area contributed by atoms with Crippen LogP contribution in [0.25, 0.3) is 0 Å². The fourth-order valence-corrected chi connectivity index (χ4v) is 3.23. The van der Waals surface area contributed by atoms with Crippen LogP contribution in [0.5, 0.6) is 0 Å². The van der Waals surface area contributed by atoms with Gasteiger partial charge in [-0.05, 0) is 108 Å². The Morgan fingerprint density at radius 3 is 1.32 bits per heavy atom. The lowest BCUT2D eigenvalue weighted by molar-refractivity contribution is 0.0200. The van der Waals surface area contributed by atoms with Crippen molar-refractivity contribution in [2.75, 3.05) is 46.3 Å². The molecule has 0 atom stereocenters. The molecule has 0 aliphatic heterocycles. The molecule has 10 heteroatoms. The van der Waals surface area contributed by atoms with Gasteiger partial charge in [-0.1, -0.05) is 0 Å². The van der Waals surface area contributed by atoms with E-state index in [1.165, 1.54) is 0 Å². The van der Waals surface area contributed by atoms with Gasteiger partial charge in [-0.2, -0.15) is 0 Å². The van der Waals surface area contributed by atoms with E-state index < -0.39 is 22.9 Å². The zero-order chi connectivity index (χ0) is 28.7. The number of hydrogen-bond acceptors (Lipinski definition) is 7. The summed E-state index contributed by atoms with van der Waals surface area (Å²) in [5.74, 6) is 0. The summed E-state index contributed by atoms with van der Waals surface area (Å²) in [6.07, 6.45) is 2.62. The minimum absolute atomic E-state index is 0.339. The first-order valence-electron chi connectivity index (χ1n) is 13.5. The van der Waals surface area contributed by atoms with Gasteiger partial charge in [-0.3, -0.25) is 0 Å². The molecule has 2 N–H and O–H groups in total. The topological polar surface area (TPSA) is 109 Å². The summed E-state index contributed by atoms with van der Waals surface area (Å²) in [6.45, 7) is 19.9. The van der Waals surface area contributed by atoms with Crippen LogP contribution in [0.15, 0.2) is 0 Å². The van der Waals surface area contributed by atoms with E-state index in [1.807, 2.05) is 69.4 Å². The molecule has 0 aromatic carbocycles. The fraction of sp³-hybridized carbons (Fsp3) is 0.889. The zero-order valence-electron chi connectivity index (χ0n) is 25.1. The molecule has 218 valence electrons. The Morgan fingerprint density at radius 2 is 0.946 bits per heavy atom. The lowest BCUT2D eigenvalue weighted by Gasteiger charge is -2.30. The number of carbonyl (C=O) groups is 3. The van der Waals surface area contributed by atoms with Crippen LogP contribution in [-0.2, 0) is 14.2 Å². The third-order valence-electron chi connectivity index (χ3n) is 4.79. The Morgan fingerprint density at radius 1 is 0.568 bits per heavy atom. The van der Waals surface area contributed by atoms with Crippen molar-refractivity contribution in [1.29, 1.82) is 0 Å². The summed E-state index contributed by atoms with van der Waals surface area (Å²) < 4.78 is 16.4. The molecule has 10 nitrogen and oxygen atoms in total. The van der Waals surface area contributed by atoms with Gasteiger partial charge >= 0.3 is 18.3 Å². The average Bonchev–Trinajstić information content (AvgIpc) is 2.69. The predicted molar refractivity (Wildman–Crippen MR) is 147 cm³/mol. The van der Waals surface area contributed by atoms with Crippen molar-refractivity contribution in [2.45, 2.75) is 111 Å². The van der Waals surface area contributed by atoms with E-state index in [0.29, 0.717) is 52.0 Å². The van der Waals surface area contributed by atoms with Crippen molar-refractivity contribution in [3.63, 3.8) is 0 Å². The summed E-state index contributed by atoms with van der Waals surface area (Å²) in [5.41, 5.74) is -1.72. The minimum Gasteiger partial charge on any atom is -0.444 e. The van der Waals surface area contributed by atoms with Crippen molar-refractivity contribution in [3.05, 3.63) is 0 Å². The van der Waals surface area contributed by atoms with Gasteiger partial charge in [0, 0.05) is 32.7 Å². The van der Waals surface area contributed by atoms with Crippen LogP contribution in [0.3, 0.4) is 0 Å². The second-order valence-corrected chi connectivity index (χ2v) is 12.2. The number of nitrogens with one attached hydrogen (secondary N) is 2. The summed E-state index contributed by atoms with van der Waals surface area (Å²) in [5, 5.41) is 5.86. The van der Waals surface area contributed by atoms with Gasteiger partial charge in [0.15, 0.2) is 0 Å². The number of rotatable bonds is 14. The number of nitrogens with zero attached hydrogens (tertiary/aromatic N) is 2. The van der Waals surface area contributed by atoms with Gasteiger partial charge in [0.25, 0.3) is 0 Å². The normalized spacial score (nSPS) is 12.1. The number of alkyl carbamates (subject to hydrolysis) is 1. The van der Waals surface area contributed by atoms with Crippen molar-refractivity contribution in [3.8, 4) is 0 Å². The molecule has 0 saturated carbocycles. The van der Waals surface area contributed by atoms with Crippen LogP contribution in [0.4, 0.5) is 14.4 Å². The third kappa shape index (κ3) is 20.5. The van der Waals surface area contributed by atoms with E-state index in [9.17, 15) is 14.4 Å². The van der Waals surface area contributed by atoms with Crippen molar-refractivity contribution >= 4 is 18.3 Å². The molecule has 0 heterocycles. The average molecular weight is 531 g/mol. The van der Waals surface area contributed by atoms with Crippen LogP contribution in [0.1, 0.15) is 94.4 Å². The summed E-state index contributed by atoms with van der Waals surface area (Å²) in [6, 6.07) is 0. The quantitative estimate of drug-likeness (QED) is 0.236. The molecular formula is C27H54N4O6. The Labute approximate surface area is 225 Å². The van der Waals surface area contributed by atoms with Gasteiger partial charge in [-0.25, -0.2) is 14.4 Å². The summed E-state index contributed by atoms with van der Waals surface area (Å²) >= 11 is 0. The van der Waals surface area contributed by atoms with Gasteiger partial charge < -0.3 is 34.6 Å². The second-order valence-electron chi connectivity index (χ2n) is 12.2. The minimum atomic E-state index is -0.608. The van der Waals surface area contributed by atoms with Gasteiger partial charge in [0.1, 0.15) is 16.8 Å². The fourth-order valence-electron chi connectivity index (χ4n) is 3.23. The molecule has 0 aromatic rings. The highest BCUT2D eigenvalue weighted by atomic mass is 16.6. The molecule has 0 radical (unpaired) electrons.